The van der Waals surface area contributed by atoms with Crippen LogP contribution in [0, 0.1) is 0 Å². The Kier molecular flexibility index (Phi) is 5.09. The summed E-state index contributed by atoms with van der Waals surface area (Å²) in [5.74, 6) is -2.69. The second kappa shape index (κ2) is 7.46. The van der Waals surface area contributed by atoms with Crippen molar-refractivity contribution in [1.29, 1.82) is 0 Å². The van der Waals surface area contributed by atoms with E-state index in [0.29, 0.717) is 11.5 Å². The number of benzene rings is 2. The van der Waals surface area contributed by atoms with Gasteiger partial charge >= 0.3 is 0 Å². The van der Waals surface area contributed by atoms with E-state index in [0.717, 1.165) is 5.56 Å². The summed E-state index contributed by atoms with van der Waals surface area (Å²) in [6.45, 7) is 0.129. The van der Waals surface area contributed by atoms with Crippen LogP contribution in [0.25, 0.3) is 0 Å². The maximum Gasteiger partial charge on any atom is 0.284 e. The van der Waals surface area contributed by atoms with Crippen molar-refractivity contribution in [1.82, 2.24) is 10.4 Å². The van der Waals surface area contributed by atoms with Gasteiger partial charge in [0.15, 0.2) is 11.5 Å². The summed E-state index contributed by atoms with van der Waals surface area (Å²) in [5, 5.41) is 12.4. The predicted molar refractivity (Wildman–Crippen MR) is 93.5 cm³/mol. The van der Waals surface area contributed by atoms with Crippen LogP contribution < -0.4 is 14.8 Å². The number of hydrogen-bond donors (Lipinski definition) is 2. The molecule has 3 rings (SSSR count). The highest BCUT2D eigenvalue weighted by molar-refractivity contribution is 6.18. The van der Waals surface area contributed by atoms with Gasteiger partial charge < -0.3 is 14.8 Å². The molecule has 1 aliphatic rings. The van der Waals surface area contributed by atoms with Crippen LogP contribution in [-0.2, 0) is 16.1 Å². The fourth-order valence-corrected chi connectivity index (χ4v) is 2.95. The first-order valence-electron chi connectivity index (χ1n) is 8.12. The number of hydrogen-bond acceptors (Lipinski definition) is 6. The van der Waals surface area contributed by atoms with E-state index in [-0.39, 0.29) is 22.7 Å². The van der Waals surface area contributed by atoms with Gasteiger partial charge in [-0.2, -0.15) is 5.06 Å². The standard InChI is InChI=1S/C19H18N2O6/c1-26-14-8-7-11(9-15(14)27-2)10-20-17(22)16-12-5-3-4-6-13(12)18(23)21(25)19(16)24/h3-9,16,25H,10H2,1-2H3,(H,20,22). The highest BCUT2D eigenvalue weighted by Gasteiger charge is 2.42. The molecule has 0 aromatic heterocycles. The topological polar surface area (TPSA) is 105 Å². The number of imide groups is 1. The molecule has 0 saturated carbocycles. The molecule has 27 heavy (non-hydrogen) atoms. The van der Waals surface area contributed by atoms with Gasteiger partial charge in [0, 0.05) is 12.1 Å². The average molecular weight is 370 g/mol. The number of fused-ring (bicyclic) bond motifs is 1. The minimum Gasteiger partial charge on any atom is -0.493 e. The number of amides is 3. The van der Waals surface area contributed by atoms with E-state index in [9.17, 15) is 19.6 Å². The van der Waals surface area contributed by atoms with E-state index in [4.69, 9.17) is 9.47 Å². The van der Waals surface area contributed by atoms with Crippen molar-refractivity contribution < 1.29 is 29.1 Å². The average Bonchev–Trinajstić information content (AvgIpc) is 2.70. The maximum absolute atomic E-state index is 12.6. The van der Waals surface area contributed by atoms with Gasteiger partial charge in [-0.15, -0.1) is 0 Å². The Labute approximate surface area is 155 Å². The Morgan fingerprint density at radius 2 is 1.81 bits per heavy atom. The fourth-order valence-electron chi connectivity index (χ4n) is 2.95. The van der Waals surface area contributed by atoms with E-state index in [1.54, 1.807) is 30.3 Å². The molecule has 0 bridgehead atoms. The van der Waals surface area contributed by atoms with Crippen LogP contribution >= 0.6 is 0 Å². The van der Waals surface area contributed by atoms with Crippen molar-refractivity contribution in [3.8, 4) is 11.5 Å². The lowest BCUT2D eigenvalue weighted by atomic mass is 9.88. The monoisotopic (exact) mass is 370 g/mol. The third-order valence-corrected chi connectivity index (χ3v) is 4.33. The van der Waals surface area contributed by atoms with Crippen LogP contribution in [0.3, 0.4) is 0 Å². The SMILES string of the molecule is COc1ccc(CNC(=O)C2C(=O)N(O)C(=O)c3ccccc32)cc1OC. The maximum atomic E-state index is 12.6. The van der Waals surface area contributed by atoms with E-state index in [1.165, 1.54) is 26.4 Å². The highest BCUT2D eigenvalue weighted by Crippen LogP contribution is 2.30. The lowest BCUT2D eigenvalue weighted by Gasteiger charge is -2.27. The smallest absolute Gasteiger partial charge is 0.284 e. The van der Waals surface area contributed by atoms with Gasteiger partial charge in [-0.05, 0) is 29.3 Å². The van der Waals surface area contributed by atoms with Crippen molar-refractivity contribution in [2.45, 2.75) is 12.5 Å². The molecule has 0 aliphatic carbocycles. The second-order valence-electron chi connectivity index (χ2n) is 5.88. The van der Waals surface area contributed by atoms with Crippen molar-refractivity contribution >= 4 is 17.7 Å². The molecule has 2 aromatic rings. The zero-order valence-electron chi connectivity index (χ0n) is 14.8. The van der Waals surface area contributed by atoms with Crippen molar-refractivity contribution in [2.24, 2.45) is 0 Å². The number of carbonyl (C=O) groups excluding carboxylic acids is 3. The first kappa shape index (κ1) is 18.4. The lowest BCUT2D eigenvalue weighted by Crippen LogP contribution is -2.47. The van der Waals surface area contributed by atoms with Crippen LogP contribution in [0.2, 0.25) is 0 Å². The van der Waals surface area contributed by atoms with Crippen molar-refractivity contribution in [3.05, 3.63) is 59.2 Å². The minimum absolute atomic E-state index is 0.0109. The summed E-state index contributed by atoms with van der Waals surface area (Å²) in [6, 6.07) is 11.4. The van der Waals surface area contributed by atoms with Gasteiger partial charge in [0.1, 0.15) is 5.92 Å². The molecule has 0 saturated heterocycles. The zero-order valence-corrected chi connectivity index (χ0v) is 14.8. The van der Waals surface area contributed by atoms with Crippen LogP contribution in [-0.4, -0.2) is 42.2 Å². The molecule has 1 unspecified atom stereocenters. The van der Waals surface area contributed by atoms with Gasteiger partial charge in [-0.3, -0.25) is 19.6 Å². The molecular formula is C19H18N2O6. The fraction of sp³-hybridized carbons (Fsp3) is 0.211. The molecule has 1 atom stereocenters. The van der Waals surface area contributed by atoms with Gasteiger partial charge in [0.05, 0.1) is 14.2 Å². The molecule has 8 nitrogen and oxygen atoms in total. The molecule has 0 spiro atoms. The highest BCUT2D eigenvalue weighted by atomic mass is 16.5. The van der Waals surface area contributed by atoms with Gasteiger partial charge in [-0.25, -0.2) is 0 Å². The zero-order chi connectivity index (χ0) is 19.6. The molecule has 1 heterocycles. The van der Waals surface area contributed by atoms with Gasteiger partial charge in [-0.1, -0.05) is 24.3 Å². The van der Waals surface area contributed by atoms with Crippen LogP contribution in [0.5, 0.6) is 11.5 Å². The molecule has 140 valence electrons. The first-order chi connectivity index (χ1) is 13.0. The molecule has 0 fully saturated rings. The summed E-state index contributed by atoms with van der Waals surface area (Å²) < 4.78 is 10.4. The third-order valence-electron chi connectivity index (χ3n) is 4.33. The summed E-state index contributed by atoms with van der Waals surface area (Å²) in [6.07, 6.45) is 0. The van der Waals surface area contributed by atoms with Gasteiger partial charge in [0.25, 0.3) is 11.8 Å². The number of rotatable bonds is 5. The molecule has 3 amide bonds. The van der Waals surface area contributed by atoms with Crippen LogP contribution in [0.1, 0.15) is 27.4 Å². The molecule has 0 radical (unpaired) electrons. The molecule has 8 heteroatoms. The Morgan fingerprint density at radius 1 is 1.11 bits per heavy atom. The molecule has 2 aromatic carbocycles. The number of methoxy groups -OCH3 is 2. The normalized spacial score (nSPS) is 16.0. The first-order valence-corrected chi connectivity index (χ1v) is 8.12. The van der Waals surface area contributed by atoms with Crippen LogP contribution in [0.15, 0.2) is 42.5 Å². The quantitative estimate of drug-likeness (QED) is 0.469. The number of nitrogens with zero attached hydrogens (tertiary/aromatic N) is 1. The van der Waals surface area contributed by atoms with E-state index >= 15 is 0 Å². The molecule has 2 N–H and O–H groups in total. The summed E-state index contributed by atoms with van der Waals surface area (Å²) in [7, 11) is 3.03. The predicted octanol–water partition coefficient (Wildman–Crippen LogP) is 1.48. The minimum atomic E-state index is -1.30. The van der Waals surface area contributed by atoms with E-state index in [2.05, 4.69) is 5.32 Å². The Bertz CT molecular complexity index is 911. The molecular weight excluding hydrogens is 352 g/mol. The lowest BCUT2D eigenvalue weighted by molar-refractivity contribution is -0.158. The Balaban J connectivity index is 1.81. The summed E-state index contributed by atoms with van der Waals surface area (Å²) in [4.78, 5) is 36.9. The largest absolute Gasteiger partial charge is 0.493 e. The van der Waals surface area contributed by atoms with Gasteiger partial charge in [0.2, 0.25) is 5.91 Å². The molecule has 1 aliphatic heterocycles. The Hall–Kier alpha value is -3.39. The van der Waals surface area contributed by atoms with E-state index < -0.39 is 23.6 Å². The third kappa shape index (κ3) is 3.34. The van der Waals surface area contributed by atoms with Crippen molar-refractivity contribution in [3.63, 3.8) is 0 Å². The Morgan fingerprint density at radius 3 is 2.52 bits per heavy atom. The van der Waals surface area contributed by atoms with Crippen LogP contribution in [0.4, 0.5) is 0 Å². The second-order valence-corrected chi connectivity index (χ2v) is 5.88. The number of hydroxylamine groups is 2. The number of ether oxygens (including phenoxy) is 2. The number of nitrogens with one attached hydrogen (secondary N) is 1. The summed E-state index contributed by atoms with van der Waals surface area (Å²) >= 11 is 0. The van der Waals surface area contributed by atoms with E-state index in [1.807, 2.05) is 0 Å². The van der Waals surface area contributed by atoms with Crippen molar-refractivity contribution in [2.75, 3.05) is 14.2 Å². The summed E-state index contributed by atoms with van der Waals surface area (Å²) in [5.41, 5.74) is 1.11. The number of carbonyl (C=O) groups is 3.